The van der Waals surface area contributed by atoms with E-state index in [1.807, 2.05) is 23.7 Å². The normalized spacial score (nSPS) is 12.0. The van der Waals surface area contributed by atoms with Crippen LogP contribution in [0.15, 0.2) is 48.0 Å². The van der Waals surface area contributed by atoms with Crippen molar-refractivity contribution in [1.82, 2.24) is 24.7 Å². The van der Waals surface area contributed by atoms with Gasteiger partial charge >= 0.3 is 0 Å². The highest BCUT2D eigenvalue weighted by Crippen LogP contribution is 2.33. The number of thioether (sulfide) groups is 1. The molecule has 1 amide bonds. The molecule has 3 rings (SSSR count). The highest BCUT2D eigenvalue weighted by Gasteiger charge is 2.14. The number of amides is 1. The molecule has 0 fully saturated rings. The van der Waals surface area contributed by atoms with Gasteiger partial charge in [0.2, 0.25) is 0 Å². The predicted octanol–water partition coefficient (Wildman–Crippen LogP) is 3.36. The van der Waals surface area contributed by atoms with Gasteiger partial charge in [-0.05, 0) is 36.8 Å². The fourth-order valence-electron chi connectivity index (χ4n) is 2.09. The van der Waals surface area contributed by atoms with E-state index < -0.39 is 0 Å². The quantitative estimate of drug-likeness (QED) is 0.544. The number of hydrogen-bond acceptors (Lipinski definition) is 6. The molecule has 0 radical (unpaired) electrons. The molecule has 0 saturated heterocycles. The number of nitrogens with one attached hydrogen (secondary N) is 1. The van der Waals surface area contributed by atoms with Gasteiger partial charge in [0, 0.05) is 18.5 Å². The lowest BCUT2D eigenvalue weighted by molar-refractivity contribution is 0.102. The van der Waals surface area contributed by atoms with Gasteiger partial charge in [0.15, 0.2) is 5.16 Å². The highest BCUT2D eigenvalue weighted by atomic mass is 35.5. The molecular weight excluding hydrogens is 360 g/mol. The van der Waals surface area contributed by atoms with Crippen LogP contribution < -0.4 is 5.32 Å². The summed E-state index contributed by atoms with van der Waals surface area (Å²) in [6.07, 6.45) is 3.31. The standard InChI is InChI=1S/C16H15ClN6OS/c1-10(25-16-22-19-9-23(16)2)11-6-7-18-14(8-11)21-15(24)12-4-3-5-13(17)20-12/h3-10H,1-2H3,(H,18,21,24)/t10-/m0/s1. The Balaban J connectivity index is 1.73. The van der Waals surface area contributed by atoms with Crippen molar-refractivity contribution in [2.24, 2.45) is 7.05 Å². The maximum atomic E-state index is 12.2. The Labute approximate surface area is 153 Å². The molecular formula is C16H15ClN6OS. The van der Waals surface area contributed by atoms with Crippen molar-refractivity contribution in [3.05, 3.63) is 59.3 Å². The molecule has 25 heavy (non-hydrogen) atoms. The average Bonchev–Trinajstić information content (AvgIpc) is 3.00. The molecule has 3 aromatic heterocycles. The molecule has 0 aliphatic heterocycles. The Morgan fingerprint density at radius 3 is 2.92 bits per heavy atom. The van der Waals surface area contributed by atoms with Crippen LogP contribution in [-0.2, 0) is 7.05 Å². The zero-order valence-electron chi connectivity index (χ0n) is 13.5. The SMILES string of the molecule is C[C@H](Sc1nncn1C)c1ccnc(NC(=O)c2cccc(Cl)n2)c1. The van der Waals surface area contributed by atoms with Crippen molar-refractivity contribution < 1.29 is 4.79 Å². The average molecular weight is 375 g/mol. The van der Waals surface area contributed by atoms with Crippen LogP contribution in [0.2, 0.25) is 5.15 Å². The fraction of sp³-hybridized carbons (Fsp3) is 0.188. The topological polar surface area (TPSA) is 85.6 Å². The largest absolute Gasteiger partial charge is 0.312 e. The molecule has 0 aliphatic carbocycles. The highest BCUT2D eigenvalue weighted by molar-refractivity contribution is 7.99. The first-order chi connectivity index (χ1) is 12.0. The molecule has 0 spiro atoms. The first kappa shape index (κ1) is 17.4. The lowest BCUT2D eigenvalue weighted by Crippen LogP contribution is -2.14. The van der Waals surface area contributed by atoms with Gasteiger partial charge in [-0.25, -0.2) is 9.97 Å². The van der Waals surface area contributed by atoms with Gasteiger partial charge in [-0.2, -0.15) is 0 Å². The van der Waals surface area contributed by atoms with Crippen LogP contribution in [0.25, 0.3) is 0 Å². The van der Waals surface area contributed by atoms with E-state index in [0.29, 0.717) is 5.82 Å². The number of hydrogen-bond donors (Lipinski definition) is 1. The van der Waals surface area contributed by atoms with Crippen LogP contribution in [0.5, 0.6) is 0 Å². The number of pyridine rings is 2. The third kappa shape index (κ3) is 4.34. The van der Waals surface area contributed by atoms with E-state index in [0.717, 1.165) is 10.7 Å². The van der Waals surface area contributed by atoms with Gasteiger partial charge < -0.3 is 9.88 Å². The van der Waals surface area contributed by atoms with Crippen LogP contribution in [-0.4, -0.2) is 30.6 Å². The van der Waals surface area contributed by atoms with Crippen molar-refractivity contribution in [3.8, 4) is 0 Å². The van der Waals surface area contributed by atoms with Gasteiger partial charge in [-0.3, -0.25) is 4.79 Å². The van der Waals surface area contributed by atoms with E-state index in [2.05, 4.69) is 32.4 Å². The summed E-state index contributed by atoms with van der Waals surface area (Å²) in [5.41, 5.74) is 1.25. The maximum absolute atomic E-state index is 12.2. The third-order valence-electron chi connectivity index (χ3n) is 3.39. The Kier molecular flexibility index (Phi) is 5.30. The first-order valence-corrected chi connectivity index (χ1v) is 8.69. The molecule has 0 saturated carbocycles. The number of rotatable bonds is 5. The minimum Gasteiger partial charge on any atom is -0.312 e. The van der Waals surface area contributed by atoms with Crippen molar-refractivity contribution in [3.63, 3.8) is 0 Å². The Bertz CT molecular complexity index is 900. The zero-order valence-corrected chi connectivity index (χ0v) is 15.1. The number of aryl methyl sites for hydroxylation is 1. The number of anilines is 1. The van der Waals surface area contributed by atoms with E-state index >= 15 is 0 Å². The summed E-state index contributed by atoms with van der Waals surface area (Å²) >= 11 is 7.39. The lowest BCUT2D eigenvalue weighted by Gasteiger charge is -2.12. The molecule has 0 unspecified atom stereocenters. The molecule has 7 nitrogen and oxygen atoms in total. The van der Waals surface area contributed by atoms with E-state index in [4.69, 9.17) is 11.6 Å². The Morgan fingerprint density at radius 1 is 1.36 bits per heavy atom. The summed E-state index contributed by atoms with van der Waals surface area (Å²) in [5, 5.41) is 11.9. The second kappa shape index (κ2) is 7.62. The second-order valence-electron chi connectivity index (χ2n) is 5.26. The van der Waals surface area contributed by atoms with Crippen LogP contribution in [0.1, 0.15) is 28.2 Å². The first-order valence-electron chi connectivity index (χ1n) is 7.43. The van der Waals surface area contributed by atoms with Gasteiger partial charge in [-0.1, -0.05) is 29.4 Å². The lowest BCUT2D eigenvalue weighted by atomic mass is 10.2. The number of halogens is 1. The van der Waals surface area contributed by atoms with Gasteiger partial charge in [0.25, 0.3) is 5.91 Å². The van der Waals surface area contributed by atoms with Crippen molar-refractivity contribution in [2.75, 3.05) is 5.32 Å². The minimum atomic E-state index is -0.360. The van der Waals surface area contributed by atoms with E-state index in [9.17, 15) is 4.79 Å². The summed E-state index contributed by atoms with van der Waals surface area (Å²) in [5.74, 6) is 0.0930. The van der Waals surface area contributed by atoms with Crippen LogP contribution >= 0.6 is 23.4 Å². The third-order valence-corrected chi connectivity index (χ3v) is 4.81. The number of carbonyl (C=O) groups is 1. The molecule has 128 valence electrons. The van der Waals surface area contributed by atoms with E-state index in [-0.39, 0.29) is 22.0 Å². The van der Waals surface area contributed by atoms with E-state index in [1.165, 1.54) is 0 Å². The van der Waals surface area contributed by atoms with Gasteiger partial charge in [-0.15, -0.1) is 10.2 Å². The molecule has 3 heterocycles. The monoisotopic (exact) mass is 374 g/mol. The minimum absolute atomic E-state index is 0.117. The molecule has 1 atom stereocenters. The van der Waals surface area contributed by atoms with Crippen LogP contribution in [0, 0.1) is 0 Å². The van der Waals surface area contributed by atoms with Crippen LogP contribution in [0.4, 0.5) is 5.82 Å². The number of aromatic nitrogens is 5. The van der Waals surface area contributed by atoms with Crippen molar-refractivity contribution >= 4 is 35.1 Å². The molecule has 0 bridgehead atoms. The van der Waals surface area contributed by atoms with Crippen molar-refractivity contribution in [1.29, 1.82) is 0 Å². The Hall–Kier alpha value is -2.45. The van der Waals surface area contributed by atoms with Gasteiger partial charge in [0.05, 0.1) is 0 Å². The second-order valence-corrected chi connectivity index (χ2v) is 6.95. The fourth-order valence-corrected chi connectivity index (χ4v) is 3.16. The summed E-state index contributed by atoms with van der Waals surface area (Å²) in [6, 6.07) is 8.62. The number of carbonyl (C=O) groups excluding carboxylic acids is 1. The summed E-state index contributed by atoms with van der Waals surface area (Å²) in [6.45, 7) is 2.05. The van der Waals surface area contributed by atoms with E-state index in [1.54, 1.807) is 42.5 Å². The van der Waals surface area contributed by atoms with Crippen molar-refractivity contribution in [2.45, 2.75) is 17.3 Å². The smallest absolute Gasteiger partial charge is 0.275 e. The summed E-state index contributed by atoms with van der Waals surface area (Å²) in [4.78, 5) is 20.4. The van der Waals surface area contributed by atoms with Crippen LogP contribution in [0.3, 0.4) is 0 Å². The zero-order chi connectivity index (χ0) is 17.8. The molecule has 0 aliphatic rings. The molecule has 1 N–H and O–H groups in total. The number of nitrogens with zero attached hydrogens (tertiary/aromatic N) is 5. The maximum Gasteiger partial charge on any atom is 0.275 e. The summed E-state index contributed by atoms with van der Waals surface area (Å²) in [7, 11) is 1.89. The van der Waals surface area contributed by atoms with Gasteiger partial charge in [0.1, 0.15) is 23.0 Å². The molecule has 9 heteroatoms. The summed E-state index contributed by atoms with van der Waals surface area (Å²) < 4.78 is 1.86. The molecule has 3 aromatic rings. The Morgan fingerprint density at radius 2 is 2.20 bits per heavy atom. The molecule has 0 aromatic carbocycles. The predicted molar refractivity (Wildman–Crippen MR) is 96.7 cm³/mol.